The normalized spacial score (nSPS) is 19.1. The number of nitrogens with zero attached hydrogens (tertiary/aromatic N) is 1. The number of nitrogens with one attached hydrogen (secondary N) is 1. The number of benzene rings is 1. The van der Waals surface area contributed by atoms with Crippen LogP contribution in [0.25, 0.3) is 0 Å². The third-order valence-electron chi connectivity index (χ3n) is 2.94. The second-order valence-corrected chi connectivity index (χ2v) is 5.35. The molecule has 0 spiro atoms. The van der Waals surface area contributed by atoms with Gasteiger partial charge in [0.2, 0.25) is 0 Å². The van der Waals surface area contributed by atoms with Crippen molar-refractivity contribution < 1.29 is 9.66 Å². The predicted molar refractivity (Wildman–Crippen MR) is 71.4 cm³/mol. The molecule has 0 saturated carbocycles. The minimum Gasteiger partial charge on any atom is -0.381 e. The summed E-state index contributed by atoms with van der Waals surface area (Å²) in [6, 6.07) is 5.00. The van der Waals surface area contributed by atoms with E-state index in [0.29, 0.717) is 12.5 Å². The number of halogens is 1. The molecular weight excluding hydrogens is 300 g/mol. The Balaban J connectivity index is 1.89. The minimum absolute atomic E-state index is 0.116. The van der Waals surface area contributed by atoms with Crippen LogP contribution < -0.4 is 5.32 Å². The number of nitro groups is 1. The van der Waals surface area contributed by atoms with Crippen molar-refractivity contribution in [2.45, 2.75) is 13.0 Å². The van der Waals surface area contributed by atoms with Crippen molar-refractivity contribution in [3.63, 3.8) is 0 Å². The fourth-order valence-electron chi connectivity index (χ4n) is 2.01. The molecule has 0 aromatic heterocycles. The fraction of sp³-hybridized carbons (Fsp3) is 0.500. The number of nitro benzene ring substituents is 1. The standard InChI is InChI=1S/C12H15BrN2O3/c13-11-3-10(4-12(5-11)15(16)17)7-14-6-9-1-2-18-8-9/h3-5,9,14H,1-2,6-8H2. The Morgan fingerprint density at radius 3 is 3.00 bits per heavy atom. The van der Waals surface area contributed by atoms with E-state index in [1.165, 1.54) is 6.07 Å². The molecule has 1 aromatic carbocycles. The van der Waals surface area contributed by atoms with E-state index < -0.39 is 0 Å². The van der Waals surface area contributed by atoms with Crippen LogP contribution in [0.2, 0.25) is 0 Å². The van der Waals surface area contributed by atoms with Crippen LogP contribution >= 0.6 is 15.9 Å². The molecule has 1 atom stereocenters. The van der Waals surface area contributed by atoms with E-state index in [9.17, 15) is 10.1 Å². The van der Waals surface area contributed by atoms with Crippen molar-refractivity contribution in [3.8, 4) is 0 Å². The van der Waals surface area contributed by atoms with Crippen LogP contribution in [0.15, 0.2) is 22.7 Å². The van der Waals surface area contributed by atoms with Gasteiger partial charge in [-0.3, -0.25) is 10.1 Å². The van der Waals surface area contributed by atoms with Gasteiger partial charge in [0.15, 0.2) is 0 Å². The summed E-state index contributed by atoms with van der Waals surface area (Å²) in [6.45, 7) is 3.18. The van der Waals surface area contributed by atoms with Crippen LogP contribution in [0.3, 0.4) is 0 Å². The Kier molecular flexibility index (Phi) is 4.68. The van der Waals surface area contributed by atoms with Crippen LogP contribution in [0.1, 0.15) is 12.0 Å². The van der Waals surface area contributed by atoms with Gasteiger partial charge >= 0.3 is 0 Å². The van der Waals surface area contributed by atoms with E-state index in [2.05, 4.69) is 21.2 Å². The zero-order chi connectivity index (χ0) is 13.0. The van der Waals surface area contributed by atoms with Gasteiger partial charge in [0.1, 0.15) is 0 Å². The molecule has 0 bridgehead atoms. The number of hydrogen-bond acceptors (Lipinski definition) is 4. The molecule has 1 N–H and O–H groups in total. The number of non-ortho nitro benzene ring substituents is 1. The van der Waals surface area contributed by atoms with Crippen LogP contribution in [-0.4, -0.2) is 24.7 Å². The lowest BCUT2D eigenvalue weighted by atomic mass is 10.1. The Morgan fingerprint density at radius 1 is 1.50 bits per heavy atom. The van der Waals surface area contributed by atoms with E-state index >= 15 is 0 Å². The maximum absolute atomic E-state index is 10.7. The molecule has 1 heterocycles. The molecule has 1 fully saturated rings. The van der Waals surface area contributed by atoms with E-state index in [0.717, 1.165) is 36.2 Å². The van der Waals surface area contributed by atoms with Gasteiger partial charge in [0.25, 0.3) is 5.69 Å². The maximum atomic E-state index is 10.7. The molecule has 98 valence electrons. The molecule has 1 aromatic rings. The lowest BCUT2D eigenvalue weighted by Crippen LogP contribution is -2.22. The average molecular weight is 315 g/mol. The first-order valence-corrected chi connectivity index (χ1v) is 6.67. The topological polar surface area (TPSA) is 64.4 Å². The number of hydrogen-bond donors (Lipinski definition) is 1. The maximum Gasteiger partial charge on any atom is 0.270 e. The summed E-state index contributed by atoms with van der Waals surface area (Å²) in [4.78, 5) is 10.4. The molecular formula is C12H15BrN2O3. The van der Waals surface area contributed by atoms with Gasteiger partial charge in [0, 0.05) is 36.3 Å². The summed E-state index contributed by atoms with van der Waals surface area (Å²) in [7, 11) is 0. The van der Waals surface area contributed by atoms with Crippen molar-refractivity contribution in [2.75, 3.05) is 19.8 Å². The van der Waals surface area contributed by atoms with Crippen molar-refractivity contribution >= 4 is 21.6 Å². The van der Waals surface area contributed by atoms with Crippen LogP contribution in [0.4, 0.5) is 5.69 Å². The van der Waals surface area contributed by atoms with Gasteiger partial charge < -0.3 is 10.1 Å². The summed E-state index contributed by atoms with van der Waals surface area (Å²) in [5.74, 6) is 0.562. The highest BCUT2D eigenvalue weighted by Gasteiger charge is 2.15. The number of ether oxygens (including phenoxy) is 1. The first kappa shape index (κ1) is 13.5. The van der Waals surface area contributed by atoms with Crippen LogP contribution in [0, 0.1) is 16.0 Å². The van der Waals surface area contributed by atoms with Crippen molar-refractivity contribution in [2.24, 2.45) is 5.92 Å². The number of rotatable bonds is 5. The zero-order valence-corrected chi connectivity index (χ0v) is 11.5. The van der Waals surface area contributed by atoms with E-state index in [1.807, 2.05) is 6.07 Å². The zero-order valence-electron chi connectivity index (χ0n) is 9.89. The average Bonchev–Trinajstić information content (AvgIpc) is 2.81. The van der Waals surface area contributed by atoms with Gasteiger partial charge in [-0.2, -0.15) is 0 Å². The molecule has 2 rings (SSSR count). The first-order chi connectivity index (χ1) is 8.65. The molecule has 0 aliphatic carbocycles. The van der Waals surface area contributed by atoms with Gasteiger partial charge in [-0.15, -0.1) is 0 Å². The first-order valence-electron chi connectivity index (χ1n) is 5.87. The van der Waals surface area contributed by atoms with Crippen LogP contribution in [-0.2, 0) is 11.3 Å². The van der Waals surface area contributed by atoms with E-state index in [-0.39, 0.29) is 10.6 Å². The molecule has 5 nitrogen and oxygen atoms in total. The Labute approximate surface area is 114 Å². The molecule has 6 heteroatoms. The Hall–Kier alpha value is -0.980. The third-order valence-corrected chi connectivity index (χ3v) is 3.40. The largest absolute Gasteiger partial charge is 0.381 e. The second kappa shape index (κ2) is 6.26. The minimum atomic E-state index is -0.376. The third kappa shape index (κ3) is 3.76. The van der Waals surface area contributed by atoms with Gasteiger partial charge in [-0.05, 0) is 24.0 Å². The summed E-state index contributed by atoms with van der Waals surface area (Å²) in [5.41, 5.74) is 1.03. The lowest BCUT2D eigenvalue weighted by molar-refractivity contribution is -0.385. The molecule has 1 aliphatic rings. The van der Waals surface area contributed by atoms with Crippen molar-refractivity contribution in [3.05, 3.63) is 38.3 Å². The van der Waals surface area contributed by atoms with Gasteiger partial charge in [-0.1, -0.05) is 15.9 Å². The quantitative estimate of drug-likeness (QED) is 0.670. The monoisotopic (exact) mass is 314 g/mol. The van der Waals surface area contributed by atoms with Crippen molar-refractivity contribution in [1.82, 2.24) is 5.32 Å². The molecule has 0 radical (unpaired) electrons. The lowest BCUT2D eigenvalue weighted by Gasteiger charge is -2.09. The summed E-state index contributed by atoms with van der Waals surface area (Å²) in [6.07, 6.45) is 1.09. The SMILES string of the molecule is O=[N+]([O-])c1cc(Br)cc(CNCC2CCOC2)c1. The van der Waals surface area contributed by atoms with E-state index in [4.69, 9.17) is 4.74 Å². The summed E-state index contributed by atoms with van der Waals surface area (Å²) >= 11 is 3.29. The van der Waals surface area contributed by atoms with E-state index in [1.54, 1.807) is 6.07 Å². The predicted octanol–water partition coefficient (Wildman–Crippen LogP) is 2.48. The fourth-order valence-corrected chi connectivity index (χ4v) is 2.53. The highest BCUT2D eigenvalue weighted by molar-refractivity contribution is 9.10. The Morgan fingerprint density at radius 2 is 2.33 bits per heavy atom. The summed E-state index contributed by atoms with van der Waals surface area (Å²) < 4.78 is 6.03. The molecule has 18 heavy (non-hydrogen) atoms. The molecule has 1 saturated heterocycles. The second-order valence-electron chi connectivity index (χ2n) is 4.44. The molecule has 0 amide bonds. The van der Waals surface area contributed by atoms with Gasteiger partial charge in [0.05, 0.1) is 11.5 Å². The highest BCUT2D eigenvalue weighted by Crippen LogP contribution is 2.21. The van der Waals surface area contributed by atoms with Crippen LogP contribution in [0.5, 0.6) is 0 Å². The molecule has 1 unspecified atom stereocenters. The van der Waals surface area contributed by atoms with Gasteiger partial charge in [-0.25, -0.2) is 0 Å². The summed E-state index contributed by atoms with van der Waals surface area (Å²) in [5, 5.41) is 14.0. The Bertz CT molecular complexity index is 433. The highest BCUT2D eigenvalue weighted by atomic mass is 79.9. The molecule has 1 aliphatic heterocycles. The smallest absolute Gasteiger partial charge is 0.270 e. The van der Waals surface area contributed by atoms with Crippen molar-refractivity contribution in [1.29, 1.82) is 0 Å².